The summed E-state index contributed by atoms with van der Waals surface area (Å²) in [6.45, 7) is 2.65. The summed E-state index contributed by atoms with van der Waals surface area (Å²) in [5, 5.41) is 7.10. The molecule has 3 aromatic rings. The summed E-state index contributed by atoms with van der Waals surface area (Å²) in [7, 11) is 0. The summed E-state index contributed by atoms with van der Waals surface area (Å²) in [5.74, 6) is 1.78. The molecule has 2 aliphatic heterocycles. The summed E-state index contributed by atoms with van der Waals surface area (Å²) >= 11 is 0. The Bertz CT molecular complexity index is 1000. The van der Waals surface area contributed by atoms with Gasteiger partial charge in [0.05, 0.1) is 18.4 Å². The zero-order valence-corrected chi connectivity index (χ0v) is 15.8. The van der Waals surface area contributed by atoms with Gasteiger partial charge < -0.3 is 9.47 Å². The zero-order chi connectivity index (χ0) is 18.9. The predicted octanol–water partition coefficient (Wildman–Crippen LogP) is 5.33. The van der Waals surface area contributed by atoms with E-state index in [0.29, 0.717) is 6.61 Å². The van der Waals surface area contributed by atoms with Crippen LogP contribution < -0.4 is 9.47 Å². The normalized spacial score (nSPS) is 20.0. The Morgan fingerprint density at radius 2 is 1.75 bits per heavy atom. The second-order valence-corrected chi connectivity index (χ2v) is 7.03. The highest BCUT2D eigenvalue weighted by atomic mass is 16.5. The van der Waals surface area contributed by atoms with Gasteiger partial charge in [0.2, 0.25) is 6.23 Å². The molecule has 0 unspecified atom stereocenters. The molecule has 140 valence electrons. The molecule has 0 N–H and O–H groups in total. The van der Waals surface area contributed by atoms with Gasteiger partial charge in [0.15, 0.2) is 0 Å². The number of hydrogen-bond donors (Lipinski definition) is 0. The van der Waals surface area contributed by atoms with Gasteiger partial charge in [0.1, 0.15) is 11.5 Å². The minimum atomic E-state index is -0.238. The molecule has 0 saturated heterocycles. The average molecular weight is 370 g/mol. The van der Waals surface area contributed by atoms with Crippen LogP contribution in [0.5, 0.6) is 11.5 Å². The molecule has 0 bridgehead atoms. The highest BCUT2D eigenvalue weighted by molar-refractivity contribution is 6.01. The first-order valence-corrected chi connectivity index (χ1v) is 9.73. The maximum Gasteiger partial charge on any atom is 0.213 e. The maximum absolute atomic E-state index is 6.41. The van der Waals surface area contributed by atoms with Crippen molar-refractivity contribution in [3.8, 4) is 11.5 Å². The van der Waals surface area contributed by atoms with E-state index in [1.54, 1.807) is 0 Å². The van der Waals surface area contributed by atoms with Gasteiger partial charge in [-0.15, -0.1) is 0 Å². The Kier molecular flexibility index (Phi) is 4.24. The standard InChI is InChI=1S/C24H22N2O2/c1-2-27-19-13-14-23-20(15-19)22-16-21(17-9-5-3-6-10-17)25-26(22)24(28-23)18-11-7-4-8-12-18/h3-15,22,24H,2,16H2,1H3/t22-,24+/m1/s1. The van der Waals surface area contributed by atoms with Gasteiger partial charge in [-0.2, -0.15) is 5.10 Å². The fourth-order valence-electron chi connectivity index (χ4n) is 3.96. The highest BCUT2D eigenvalue weighted by Crippen LogP contribution is 2.48. The van der Waals surface area contributed by atoms with Gasteiger partial charge in [-0.3, -0.25) is 0 Å². The minimum Gasteiger partial charge on any atom is -0.494 e. The summed E-state index contributed by atoms with van der Waals surface area (Å²) in [6, 6.07) is 26.9. The lowest BCUT2D eigenvalue weighted by atomic mass is 9.95. The van der Waals surface area contributed by atoms with Crippen LogP contribution in [0.4, 0.5) is 0 Å². The van der Waals surface area contributed by atoms with Crippen molar-refractivity contribution in [2.75, 3.05) is 6.61 Å². The average Bonchev–Trinajstić information content (AvgIpc) is 3.21. The van der Waals surface area contributed by atoms with Crippen molar-refractivity contribution in [2.24, 2.45) is 5.10 Å². The number of ether oxygens (including phenoxy) is 2. The third-order valence-corrected chi connectivity index (χ3v) is 5.26. The fourth-order valence-corrected chi connectivity index (χ4v) is 3.96. The van der Waals surface area contributed by atoms with Crippen LogP contribution >= 0.6 is 0 Å². The van der Waals surface area contributed by atoms with Gasteiger partial charge in [0, 0.05) is 17.5 Å². The van der Waals surface area contributed by atoms with E-state index in [4.69, 9.17) is 14.6 Å². The van der Waals surface area contributed by atoms with Crippen LogP contribution in [0.15, 0.2) is 84.0 Å². The fraction of sp³-hybridized carbons (Fsp3) is 0.208. The smallest absolute Gasteiger partial charge is 0.213 e. The molecule has 0 aliphatic carbocycles. The van der Waals surface area contributed by atoms with Crippen LogP contribution in [0.25, 0.3) is 0 Å². The number of rotatable bonds is 4. The summed E-state index contributed by atoms with van der Waals surface area (Å²) in [6.07, 6.45) is 0.608. The SMILES string of the molecule is CCOc1ccc2c(c1)[C@H]1CC(c3ccccc3)=NN1[C@H](c1ccccc1)O2. The molecule has 3 aromatic carbocycles. The Balaban J connectivity index is 1.59. The van der Waals surface area contributed by atoms with E-state index in [0.717, 1.165) is 40.3 Å². The van der Waals surface area contributed by atoms with Crippen LogP contribution in [0.2, 0.25) is 0 Å². The molecule has 0 fully saturated rings. The topological polar surface area (TPSA) is 34.1 Å². The second-order valence-electron chi connectivity index (χ2n) is 7.03. The van der Waals surface area contributed by atoms with Gasteiger partial charge in [0.25, 0.3) is 0 Å². The van der Waals surface area contributed by atoms with Crippen LogP contribution in [0, 0.1) is 0 Å². The zero-order valence-electron chi connectivity index (χ0n) is 15.8. The Hall–Kier alpha value is -3.27. The molecule has 0 radical (unpaired) electrons. The van der Waals surface area contributed by atoms with Crippen LogP contribution in [0.3, 0.4) is 0 Å². The Labute approximate surface area is 165 Å². The van der Waals surface area contributed by atoms with Crippen molar-refractivity contribution in [2.45, 2.75) is 25.6 Å². The lowest BCUT2D eigenvalue weighted by molar-refractivity contribution is -0.0191. The first kappa shape index (κ1) is 16.9. The van der Waals surface area contributed by atoms with Gasteiger partial charge in [-0.1, -0.05) is 60.7 Å². The Morgan fingerprint density at radius 3 is 2.50 bits per heavy atom. The molecule has 0 amide bonds. The molecule has 2 aliphatic rings. The van der Waals surface area contributed by atoms with Crippen molar-refractivity contribution in [3.05, 3.63) is 95.6 Å². The largest absolute Gasteiger partial charge is 0.494 e. The van der Waals surface area contributed by atoms with Crippen molar-refractivity contribution in [1.82, 2.24) is 5.01 Å². The first-order chi connectivity index (χ1) is 13.8. The molecule has 0 aromatic heterocycles. The highest BCUT2D eigenvalue weighted by Gasteiger charge is 2.41. The summed E-state index contributed by atoms with van der Waals surface area (Å²) in [4.78, 5) is 0. The van der Waals surface area contributed by atoms with Gasteiger partial charge in [-0.25, -0.2) is 5.01 Å². The van der Waals surface area contributed by atoms with E-state index in [1.807, 2.05) is 43.3 Å². The minimum absolute atomic E-state index is 0.129. The van der Waals surface area contributed by atoms with Crippen LogP contribution in [-0.2, 0) is 0 Å². The second kappa shape index (κ2) is 7.04. The van der Waals surface area contributed by atoms with E-state index >= 15 is 0 Å². The number of hydrogen-bond acceptors (Lipinski definition) is 4. The van der Waals surface area contributed by atoms with Crippen LogP contribution in [-0.4, -0.2) is 17.3 Å². The molecule has 4 heteroatoms. The molecule has 5 rings (SSSR count). The molecular formula is C24H22N2O2. The third-order valence-electron chi connectivity index (χ3n) is 5.26. The molecule has 0 saturated carbocycles. The molecule has 2 atom stereocenters. The number of benzene rings is 3. The third kappa shape index (κ3) is 2.91. The van der Waals surface area contributed by atoms with E-state index < -0.39 is 0 Å². The predicted molar refractivity (Wildman–Crippen MR) is 110 cm³/mol. The number of nitrogens with zero attached hydrogens (tertiary/aromatic N) is 2. The molecular weight excluding hydrogens is 348 g/mol. The summed E-state index contributed by atoms with van der Waals surface area (Å²) < 4.78 is 12.1. The van der Waals surface area contributed by atoms with Crippen molar-refractivity contribution in [1.29, 1.82) is 0 Å². The van der Waals surface area contributed by atoms with Gasteiger partial charge in [-0.05, 0) is 30.7 Å². The van der Waals surface area contributed by atoms with E-state index in [-0.39, 0.29) is 12.3 Å². The maximum atomic E-state index is 6.41. The lowest BCUT2D eigenvalue weighted by Crippen LogP contribution is -2.33. The van der Waals surface area contributed by atoms with E-state index in [9.17, 15) is 0 Å². The van der Waals surface area contributed by atoms with Crippen molar-refractivity contribution >= 4 is 5.71 Å². The molecule has 4 nitrogen and oxygen atoms in total. The monoisotopic (exact) mass is 370 g/mol. The number of fused-ring (bicyclic) bond motifs is 3. The van der Waals surface area contributed by atoms with Crippen LogP contribution in [0.1, 0.15) is 42.3 Å². The quantitative estimate of drug-likeness (QED) is 0.623. The Morgan fingerprint density at radius 1 is 1.00 bits per heavy atom. The van der Waals surface area contributed by atoms with E-state index in [1.165, 1.54) is 0 Å². The van der Waals surface area contributed by atoms with E-state index in [2.05, 4.69) is 47.5 Å². The number of hydrazone groups is 1. The van der Waals surface area contributed by atoms with Crippen molar-refractivity contribution < 1.29 is 9.47 Å². The lowest BCUT2D eigenvalue weighted by Gasteiger charge is -2.38. The molecule has 28 heavy (non-hydrogen) atoms. The summed E-state index contributed by atoms with van der Waals surface area (Å²) in [5.41, 5.74) is 4.48. The molecule has 2 heterocycles. The first-order valence-electron chi connectivity index (χ1n) is 9.73. The molecule has 0 spiro atoms. The van der Waals surface area contributed by atoms with Gasteiger partial charge >= 0.3 is 0 Å². The van der Waals surface area contributed by atoms with Crippen molar-refractivity contribution in [3.63, 3.8) is 0 Å².